The maximum atomic E-state index is 13.5. The molecule has 1 aliphatic rings. The molecule has 2 aromatic rings. The van der Waals surface area contributed by atoms with Gasteiger partial charge in [-0.05, 0) is 44.6 Å². The highest BCUT2D eigenvalue weighted by atomic mass is 35.5. The molecule has 166 valence electrons. The maximum Gasteiger partial charge on any atom is 0.227 e. The number of halogens is 2. The predicted molar refractivity (Wildman–Crippen MR) is 130 cm³/mol. The van der Waals surface area contributed by atoms with E-state index in [9.17, 15) is 4.79 Å². The minimum atomic E-state index is -0.0877. The van der Waals surface area contributed by atoms with E-state index in [1.54, 1.807) is 0 Å². The SMILES string of the molecule is CCC(c1ccccc1)C(CNC)C(=O)N1CC(c2ccccc2)(N(C)C)C1.Cl.Cl. The summed E-state index contributed by atoms with van der Waals surface area (Å²) >= 11 is 0. The first-order chi connectivity index (χ1) is 13.5. The van der Waals surface area contributed by atoms with Gasteiger partial charge in [0.1, 0.15) is 0 Å². The molecule has 2 unspecified atom stereocenters. The van der Waals surface area contributed by atoms with Crippen LogP contribution in [-0.2, 0) is 10.3 Å². The first-order valence-corrected chi connectivity index (χ1v) is 10.2. The van der Waals surface area contributed by atoms with Crippen LogP contribution >= 0.6 is 24.8 Å². The first-order valence-electron chi connectivity index (χ1n) is 10.2. The lowest BCUT2D eigenvalue weighted by molar-refractivity contribution is -0.150. The molecule has 2 atom stereocenters. The third-order valence-corrected chi connectivity index (χ3v) is 6.28. The molecule has 2 aromatic carbocycles. The normalized spacial score (nSPS) is 16.6. The molecule has 1 N–H and O–H groups in total. The summed E-state index contributed by atoms with van der Waals surface area (Å²) in [5, 5.41) is 3.25. The number of likely N-dealkylation sites (tertiary alicyclic amines) is 1. The Labute approximate surface area is 193 Å². The Balaban J connectivity index is 0.00000225. The Kier molecular flexibility index (Phi) is 10.3. The van der Waals surface area contributed by atoms with Crippen LogP contribution < -0.4 is 5.32 Å². The van der Waals surface area contributed by atoms with Crippen LogP contribution in [0.15, 0.2) is 60.7 Å². The monoisotopic (exact) mass is 451 g/mol. The standard InChI is InChI=1S/C24H33N3O.2ClH/c1-5-21(19-12-8-6-9-13-19)22(16-25-2)23(28)27-17-24(18-27,26(3)4)20-14-10-7-11-15-20;;/h6-15,21-22,25H,5,16-18H2,1-4H3;2*1H. The third-order valence-electron chi connectivity index (χ3n) is 6.28. The van der Waals surface area contributed by atoms with Gasteiger partial charge in [0, 0.05) is 19.6 Å². The van der Waals surface area contributed by atoms with Crippen molar-refractivity contribution in [3.05, 3.63) is 71.8 Å². The van der Waals surface area contributed by atoms with E-state index >= 15 is 0 Å². The molecule has 0 bridgehead atoms. The van der Waals surface area contributed by atoms with Crippen LogP contribution in [0.3, 0.4) is 0 Å². The maximum absolute atomic E-state index is 13.5. The van der Waals surface area contributed by atoms with Gasteiger partial charge in [-0.2, -0.15) is 0 Å². The molecule has 30 heavy (non-hydrogen) atoms. The number of nitrogens with one attached hydrogen (secondary N) is 1. The van der Waals surface area contributed by atoms with E-state index in [4.69, 9.17) is 0 Å². The molecule has 0 spiro atoms. The van der Waals surface area contributed by atoms with Crippen LogP contribution in [0.1, 0.15) is 30.4 Å². The van der Waals surface area contributed by atoms with E-state index in [0.717, 1.165) is 19.5 Å². The van der Waals surface area contributed by atoms with E-state index in [1.165, 1.54) is 11.1 Å². The fourth-order valence-corrected chi connectivity index (χ4v) is 4.52. The quantitative estimate of drug-likeness (QED) is 0.654. The molecule has 0 aromatic heterocycles. The van der Waals surface area contributed by atoms with Gasteiger partial charge in [0.05, 0.1) is 11.5 Å². The zero-order valence-corrected chi connectivity index (χ0v) is 20.0. The number of carbonyl (C=O) groups excluding carboxylic acids is 1. The van der Waals surface area contributed by atoms with E-state index in [2.05, 4.69) is 79.8 Å². The van der Waals surface area contributed by atoms with Gasteiger partial charge < -0.3 is 10.2 Å². The zero-order valence-electron chi connectivity index (χ0n) is 18.4. The van der Waals surface area contributed by atoms with Crippen molar-refractivity contribution in [2.24, 2.45) is 5.92 Å². The highest BCUT2D eigenvalue weighted by Gasteiger charge is 2.49. The number of amides is 1. The largest absolute Gasteiger partial charge is 0.338 e. The van der Waals surface area contributed by atoms with Gasteiger partial charge >= 0.3 is 0 Å². The molecular formula is C24H35Cl2N3O. The molecule has 0 aliphatic carbocycles. The Morgan fingerprint density at radius 3 is 2.03 bits per heavy atom. The van der Waals surface area contributed by atoms with Crippen LogP contribution in [0.2, 0.25) is 0 Å². The molecular weight excluding hydrogens is 417 g/mol. The van der Waals surface area contributed by atoms with E-state index < -0.39 is 0 Å². The Morgan fingerprint density at radius 1 is 1.03 bits per heavy atom. The fourth-order valence-electron chi connectivity index (χ4n) is 4.52. The zero-order chi connectivity index (χ0) is 20.1. The van der Waals surface area contributed by atoms with Crippen molar-refractivity contribution in [2.45, 2.75) is 24.8 Å². The summed E-state index contributed by atoms with van der Waals surface area (Å²) < 4.78 is 0. The fraction of sp³-hybridized carbons (Fsp3) is 0.458. The number of hydrogen-bond acceptors (Lipinski definition) is 3. The minimum absolute atomic E-state index is 0. The van der Waals surface area contributed by atoms with Crippen molar-refractivity contribution >= 4 is 30.7 Å². The second kappa shape index (κ2) is 11.7. The van der Waals surface area contributed by atoms with Gasteiger partial charge in [-0.25, -0.2) is 0 Å². The van der Waals surface area contributed by atoms with Gasteiger partial charge in [0.25, 0.3) is 0 Å². The minimum Gasteiger partial charge on any atom is -0.338 e. The lowest BCUT2D eigenvalue weighted by Gasteiger charge is -2.55. The summed E-state index contributed by atoms with van der Waals surface area (Å²) in [5.74, 6) is 0.444. The molecule has 1 saturated heterocycles. The van der Waals surface area contributed by atoms with Crippen molar-refractivity contribution in [2.75, 3.05) is 40.8 Å². The molecule has 0 radical (unpaired) electrons. The smallest absolute Gasteiger partial charge is 0.227 e. The lowest BCUT2D eigenvalue weighted by Crippen LogP contribution is -2.68. The molecule has 0 saturated carbocycles. The predicted octanol–water partition coefficient (Wildman–Crippen LogP) is 4.16. The number of carbonyl (C=O) groups is 1. The number of nitrogens with zero attached hydrogens (tertiary/aromatic N) is 2. The third kappa shape index (κ3) is 5.17. The van der Waals surface area contributed by atoms with Gasteiger partial charge in [-0.3, -0.25) is 9.69 Å². The molecule has 6 heteroatoms. The van der Waals surface area contributed by atoms with Gasteiger partial charge in [-0.1, -0.05) is 67.6 Å². The molecule has 1 amide bonds. The van der Waals surface area contributed by atoms with E-state index in [0.29, 0.717) is 6.54 Å². The Hall–Kier alpha value is -1.59. The molecule has 3 rings (SSSR count). The summed E-state index contributed by atoms with van der Waals surface area (Å²) in [7, 11) is 6.15. The number of rotatable bonds is 8. The van der Waals surface area contributed by atoms with Crippen molar-refractivity contribution in [3.8, 4) is 0 Å². The first kappa shape index (κ1) is 26.4. The van der Waals surface area contributed by atoms with Gasteiger partial charge in [0.15, 0.2) is 0 Å². The van der Waals surface area contributed by atoms with Crippen molar-refractivity contribution in [3.63, 3.8) is 0 Å². The van der Waals surface area contributed by atoms with E-state index in [-0.39, 0.29) is 48.1 Å². The average molecular weight is 452 g/mol. The second-order valence-electron chi connectivity index (χ2n) is 8.08. The van der Waals surface area contributed by atoms with Crippen LogP contribution in [0.4, 0.5) is 0 Å². The highest BCUT2D eigenvalue weighted by molar-refractivity contribution is 5.85. The molecule has 1 fully saturated rings. The van der Waals surface area contributed by atoms with Crippen LogP contribution in [0.25, 0.3) is 0 Å². The van der Waals surface area contributed by atoms with E-state index in [1.807, 2.05) is 24.1 Å². The van der Waals surface area contributed by atoms with Crippen LogP contribution in [-0.4, -0.2) is 56.5 Å². The van der Waals surface area contributed by atoms with Crippen molar-refractivity contribution in [1.82, 2.24) is 15.1 Å². The summed E-state index contributed by atoms with van der Waals surface area (Å²) in [6.45, 7) is 4.36. The molecule has 4 nitrogen and oxygen atoms in total. The molecule has 1 heterocycles. The van der Waals surface area contributed by atoms with Crippen molar-refractivity contribution < 1.29 is 4.79 Å². The summed E-state index contributed by atoms with van der Waals surface area (Å²) in [5.41, 5.74) is 2.45. The highest BCUT2D eigenvalue weighted by Crippen LogP contribution is 2.39. The molecule has 1 aliphatic heterocycles. The number of hydrogen-bond donors (Lipinski definition) is 1. The number of likely N-dealkylation sites (N-methyl/N-ethyl adjacent to an activating group) is 1. The average Bonchev–Trinajstić information content (AvgIpc) is 2.68. The summed E-state index contributed by atoms with van der Waals surface area (Å²) in [6.07, 6.45) is 0.952. The Morgan fingerprint density at radius 2 is 1.57 bits per heavy atom. The summed E-state index contributed by atoms with van der Waals surface area (Å²) in [6, 6.07) is 21.0. The summed E-state index contributed by atoms with van der Waals surface area (Å²) in [4.78, 5) is 17.8. The van der Waals surface area contributed by atoms with Gasteiger partial charge in [-0.15, -0.1) is 24.8 Å². The van der Waals surface area contributed by atoms with Gasteiger partial charge in [0.2, 0.25) is 5.91 Å². The van der Waals surface area contributed by atoms with Crippen LogP contribution in [0.5, 0.6) is 0 Å². The lowest BCUT2D eigenvalue weighted by atomic mass is 9.78. The second-order valence-corrected chi connectivity index (χ2v) is 8.08. The van der Waals surface area contributed by atoms with Crippen LogP contribution in [0, 0.1) is 5.92 Å². The topological polar surface area (TPSA) is 35.6 Å². The Bertz CT molecular complexity index is 765. The van der Waals surface area contributed by atoms with Crippen molar-refractivity contribution in [1.29, 1.82) is 0 Å². The number of benzene rings is 2.